The van der Waals surface area contributed by atoms with Gasteiger partial charge in [-0.1, -0.05) is 37.3 Å². The van der Waals surface area contributed by atoms with Crippen molar-refractivity contribution >= 4 is 11.7 Å². The number of fused-ring (bicyclic) bond motifs is 3. The van der Waals surface area contributed by atoms with Gasteiger partial charge in [-0.15, -0.1) is 0 Å². The number of methoxy groups -OCH3 is 1. The van der Waals surface area contributed by atoms with Crippen molar-refractivity contribution in [2.75, 3.05) is 12.4 Å². The van der Waals surface area contributed by atoms with Crippen LogP contribution in [0.4, 0.5) is 19.3 Å². The minimum atomic E-state index is -0.851. The van der Waals surface area contributed by atoms with Gasteiger partial charge in [0, 0.05) is 17.8 Å². The summed E-state index contributed by atoms with van der Waals surface area (Å²) in [5, 5.41) is 7.61. The number of urea groups is 1. The number of carbonyl (C=O) groups excluding carboxylic acids is 1. The Morgan fingerprint density at radius 2 is 1.85 bits per heavy atom. The third kappa shape index (κ3) is 4.39. The van der Waals surface area contributed by atoms with Crippen LogP contribution in [0, 0.1) is 11.6 Å². The van der Waals surface area contributed by atoms with Crippen molar-refractivity contribution in [3.8, 4) is 17.3 Å². The van der Waals surface area contributed by atoms with Crippen LogP contribution in [0.1, 0.15) is 35.5 Å². The van der Waals surface area contributed by atoms with E-state index in [9.17, 15) is 13.6 Å². The maximum atomic E-state index is 14.6. The number of nitrogens with zero attached hydrogens (tertiary/aromatic N) is 4. The van der Waals surface area contributed by atoms with E-state index in [1.807, 2.05) is 84.5 Å². The van der Waals surface area contributed by atoms with Gasteiger partial charge in [0.1, 0.15) is 23.2 Å². The molecule has 0 saturated carbocycles. The molecule has 0 spiro atoms. The molecule has 0 bridgehead atoms. The molecule has 3 aromatic carbocycles. The van der Waals surface area contributed by atoms with E-state index in [-0.39, 0.29) is 12.2 Å². The lowest BCUT2D eigenvalue weighted by molar-refractivity contribution is 0.194. The van der Waals surface area contributed by atoms with E-state index in [4.69, 9.17) is 9.84 Å². The molecule has 2 aromatic heterocycles. The van der Waals surface area contributed by atoms with Crippen molar-refractivity contribution in [1.29, 1.82) is 0 Å². The lowest BCUT2D eigenvalue weighted by atomic mass is 10.0. The van der Waals surface area contributed by atoms with Crippen LogP contribution in [0.15, 0.2) is 91.1 Å². The molecule has 9 heteroatoms. The number of aromatic nitrogens is 3. The number of carbonyl (C=O) groups is 1. The van der Waals surface area contributed by atoms with E-state index < -0.39 is 23.7 Å². The van der Waals surface area contributed by atoms with Gasteiger partial charge in [0.15, 0.2) is 0 Å². The molecule has 0 aliphatic carbocycles. The molecule has 0 saturated heterocycles. The van der Waals surface area contributed by atoms with Crippen LogP contribution in [0.3, 0.4) is 0 Å². The largest absolute Gasteiger partial charge is 0.497 e. The maximum Gasteiger partial charge on any atom is 0.323 e. The first-order chi connectivity index (χ1) is 19.5. The van der Waals surface area contributed by atoms with Gasteiger partial charge >= 0.3 is 6.03 Å². The number of amides is 2. The third-order valence-corrected chi connectivity index (χ3v) is 7.15. The van der Waals surface area contributed by atoms with Crippen molar-refractivity contribution in [2.45, 2.75) is 25.9 Å². The molecule has 1 N–H and O–H groups in total. The van der Waals surface area contributed by atoms with Crippen LogP contribution in [-0.4, -0.2) is 32.4 Å². The van der Waals surface area contributed by atoms with Gasteiger partial charge in [-0.2, -0.15) is 5.10 Å². The highest BCUT2D eigenvalue weighted by Gasteiger charge is 2.36. The second kappa shape index (κ2) is 10.3. The van der Waals surface area contributed by atoms with Crippen LogP contribution in [0.2, 0.25) is 0 Å². The van der Waals surface area contributed by atoms with E-state index in [1.165, 1.54) is 6.07 Å². The van der Waals surface area contributed by atoms with Crippen molar-refractivity contribution < 1.29 is 18.3 Å². The summed E-state index contributed by atoms with van der Waals surface area (Å²) in [4.78, 5) is 15.7. The first-order valence-corrected chi connectivity index (χ1v) is 13.0. The Balaban J connectivity index is 1.55. The van der Waals surface area contributed by atoms with Crippen molar-refractivity contribution in [1.82, 2.24) is 19.2 Å². The fourth-order valence-corrected chi connectivity index (χ4v) is 5.29. The van der Waals surface area contributed by atoms with Crippen LogP contribution in [-0.2, 0) is 13.0 Å². The Kier molecular flexibility index (Phi) is 6.55. The Bertz CT molecular complexity index is 1700. The summed E-state index contributed by atoms with van der Waals surface area (Å²) in [7, 11) is 1.59. The standard InChI is InChI=1S/C31H27F2N5O2/c1-3-26-24-19-37(31(39)34-27-15-14-21(32)18-25(27)33)29(20-9-7-12-23(17-20)40-2)28-13-8-16-36(28)30(24)38(35-26)22-10-5-4-6-11-22/h4-18,29H,3,19H2,1-2H3,(H,34,39)/t29-/m1/s1. The highest BCUT2D eigenvalue weighted by molar-refractivity contribution is 5.90. The average Bonchev–Trinajstić information content (AvgIpc) is 3.56. The van der Waals surface area contributed by atoms with Gasteiger partial charge in [-0.3, -0.25) is 0 Å². The Hall–Kier alpha value is -4.92. The number of anilines is 1. The number of halogens is 2. The molecule has 7 nitrogen and oxygen atoms in total. The molecule has 3 heterocycles. The Labute approximate surface area is 230 Å². The SMILES string of the molecule is CCc1nn(-c2ccccc2)c2c1CN(C(=O)Nc1ccc(F)cc1F)[C@H](c1cccc(OC)c1)c1cccn1-2. The van der Waals surface area contributed by atoms with Crippen molar-refractivity contribution in [3.05, 3.63) is 125 Å². The predicted octanol–water partition coefficient (Wildman–Crippen LogP) is 6.65. The summed E-state index contributed by atoms with van der Waals surface area (Å²) >= 11 is 0. The van der Waals surface area contributed by atoms with Crippen molar-refractivity contribution in [2.24, 2.45) is 0 Å². The van der Waals surface area contributed by atoms with Gasteiger partial charge in [-0.05, 0) is 60.5 Å². The molecule has 1 aliphatic heterocycles. The number of hydrogen-bond donors (Lipinski definition) is 1. The molecule has 202 valence electrons. The topological polar surface area (TPSA) is 64.3 Å². The molecule has 40 heavy (non-hydrogen) atoms. The predicted molar refractivity (Wildman–Crippen MR) is 148 cm³/mol. The fourth-order valence-electron chi connectivity index (χ4n) is 5.29. The summed E-state index contributed by atoms with van der Waals surface area (Å²) in [6, 6.07) is 23.3. The Morgan fingerprint density at radius 3 is 2.60 bits per heavy atom. The maximum absolute atomic E-state index is 14.6. The first-order valence-electron chi connectivity index (χ1n) is 13.0. The van der Waals surface area contributed by atoms with Crippen LogP contribution < -0.4 is 10.1 Å². The highest BCUT2D eigenvalue weighted by Crippen LogP contribution is 2.39. The molecule has 1 atom stereocenters. The average molecular weight is 540 g/mol. The van der Waals surface area contributed by atoms with Crippen LogP contribution in [0.5, 0.6) is 5.75 Å². The highest BCUT2D eigenvalue weighted by atomic mass is 19.1. The van der Waals surface area contributed by atoms with Gasteiger partial charge < -0.3 is 19.5 Å². The molecule has 0 fully saturated rings. The summed E-state index contributed by atoms with van der Waals surface area (Å²) in [5.41, 5.74) is 4.14. The molecule has 6 rings (SSSR count). The van der Waals surface area contributed by atoms with E-state index >= 15 is 0 Å². The minimum Gasteiger partial charge on any atom is -0.497 e. The zero-order chi connectivity index (χ0) is 27.8. The second-order valence-corrected chi connectivity index (χ2v) is 9.51. The summed E-state index contributed by atoms with van der Waals surface area (Å²) in [5.74, 6) is -0.0922. The van der Waals surface area contributed by atoms with Gasteiger partial charge in [0.25, 0.3) is 0 Å². The number of benzene rings is 3. The van der Waals surface area contributed by atoms with E-state index in [0.717, 1.165) is 46.2 Å². The Morgan fingerprint density at radius 1 is 1.02 bits per heavy atom. The van der Waals surface area contributed by atoms with E-state index in [1.54, 1.807) is 12.0 Å². The molecule has 5 aromatic rings. The summed E-state index contributed by atoms with van der Waals surface area (Å²) in [6.07, 6.45) is 2.60. The number of hydrogen-bond acceptors (Lipinski definition) is 3. The van der Waals surface area contributed by atoms with E-state index in [0.29, 0.717) is 12.2 Å². The second-order valence-electron chi connectivity index (χ2n) is 9.51. The number of aryl methyl sites for hydroxylation is 1. The smallest absolute Gasteiger partial charge is 0.323 e. The number of rotatable bonds is 5. The molecule has 0 unspecified atom stereocenters. The lowest BCUT2D eigenvalue weighted by Gasteiger charge is -2.31. The van der Waals surface area contributed by atoms with Gasteiger partial charge in [0.2, 0.25) is 0 Å². The van der Waals surface area contributed by atoms with Gasteiger partial charge in [-0.25, -0.2) is 18.3 Å². The molecule has 2 amide bonds. The number of nitrogens with one attached hydrogen (secondary N) is 1. The quantitative estimate of drug-likeness (QED) is 0.272. The summed E-state index contributed by atoms with van der Waals surface area (Å²) in [6.45, 7) is 2.22. The number of ether oxygens (including phenoxy) is 1. The minimum absolute atomic E-state index is 0.105. The van der Waals surface area contributed by atoms with E-state index in [2.05, 4.69) is 9.88 Å². The van der Waals surface area contributed by atoms with Crippen LogP contribution in [0.25, 0.3) is 11.5 Å². The van der Waals surface area contributed by atoms with Gasteiger partial charge in [0.05, 0.1) is 42.5 Å². The first kappa shape index (κ1) is 25.4. The van der Waals surface area contributed by atoms with Crippen LogP contribution >= 0.6 is 0 Å². The zero-order valence-corrected chi connectivity index (χ0v) is 22.0. The molecular formula is C31H27F2N5O2. The third-order valence-electron chi connectivity index (χ3n) is 7.15. The zero-order valence-electron chi connectivity index (χ0n) is 22.0. The monoisotopic (exact) mass is 539 g/mol. The fraction of sp³-hybridized carbons (Fsp3) is 0.161. The number of para-hydroxylation sites is 1. The lowest BCUT2D eigenvalue weighted by Crippen LogP contribution is -2.38. The van der Waals surface area contributed by atoms with Crippen molar-refractivity contribution in [3.63, 3.8) is 0 Å². The normalized spacial score (nSPS) is 14.3. The molecular weight excluding hydrogens is 512 g/mol. The molecule has 0 radical (unpaired) electrons. The molecule has 1 aliphatic rings. The summed E-state index contributed by atoms with van der Waals surface area (Å²) < 4.78 is 37.7.